The number of aryl methyl sites for hydroxylation is 1. The Kier molecular flexibility index (Phi) is 5.58. The lowest BCUT2D eigenvalue weighted by Crippen LogP contribution is -2.45. The van der Waals surface area contributed by atoms with Crippen molar-refractivity contribution < 1.29 is 18.3 Å². The van der Waals surface area contributed by atoms with Crippen molar-refractivity contribution in [1.29, 1.82) is 0 Å². The second-order valence-electron chi connectivity index (χ2n) is 5.62. The SMILES string of the molecule is Cc1cc(Cl)cc([C@@H](CCC(F)(F)F)N2CCNCC2)c1O. The van der Waals surface area contributed by atoms with Gasteiger partial charge in [0.15, 0.2) is 0 Å². The number of hydrogen-bond donors (Lipinski definition) is 2. The molecule has 0 saturated carbocycles. The molecule has 0 bridgehead atoms. The molecule has 1 aromatic carbocycles. The van der Waals surface area contributed by atoms with Gasteiger partial charge in [0.25, 0.3) is 0 Å². The lowest BCUT2D eigenvalue weighted by molar-refractivity contribution is -0.138. The minimum Gasteiger partial charge on any atom is -0.507 e. The molecule has 1 fully saturated rings. The largest absolute Gasteiger partial charge is 0.507 e. The van der Waals surface area contributed by atoms with Crippen molar-refractivity contribution in [2.24, 2.45) is 0 Å². The van der Waals surface area contributed by atoms with Gasteiger partial charge in [0, 0.05) is 49.2 Å². The van der Waals surface area contributed by atoms with Gasteiger partial charge in [-0.15, -0.1) is 0 Å². The lowest BCUT2D eigenvalue weighted by atomic mass is 9.96. The topological polar surface area (TPSA) is 35.5 Å². The van der Waals surface area contributed by atoms with Gasteiger partial charge in [0.05, 0.1) is 0 Å². The van der Waals surface area contributed by atoms with Gasteiger partial charge < -0.3 is 10.4 Å². The van der Waals surface area contributed by atoms with E-state index in [1.807, 2.05) is 4.90 Å². The van der Waals surface area contributed by atoms with Crippen LogP contribution in [0.15, 0.2) is 12.1 Å². The van der Waals surface area contributed by atoms with Crippen molar-refractivity contribution in [3.63, 3.8) is 0 Å². The van der Waals surface area contributed by atoms with E-state index < -0.39 is 18.6 Å². The third kappa shape index (κ3) is 4.51. The van der Waals surface area contributed by atoms with Gasteiger partial charge in [-0.2, -0.15) is 13.2 Å². The average Bonchev–Trinajstić information content (AvgIpc) is 2.44. The second-order valence-corrected chi connectivity index (χ2v) is 6.05. The molecule has 1 heterocycles. The number of halogens is 4. The van der Waals surface area contributed by atoms with Gasteiger partial charge in [-0.25, -0.2) is 0 Å². The number of aromatic hydroxyl groups is 1. The minimum absolute atomic E-state index is 0.0371. The number of benzene rings is 1. The predicted molar refractivity (Wildman–Crippen MR) is 80.3 cm³/mol. The Morgan fingerprint density at radius 1 is 1.32 bits per heavy atom. The molecule has 0 spiro atoms. The Morgan fingerprint density at radius 2 is 1.95 bits per heavy atom. The summed E-state index contributed by atoms with van der Waals surface area (Å²) in [5, 5.41) is 13.9. The van der Waals surface area contributed by atoms with Crippen LogP contribution < -0.4 is 5.32 Å². The van der Waals surface area contributed by atoms with Crippen molar-refractivity contribution in [3.8, 4) is 5.75 Å². The van der Waals surface area contributed by atoms with E-state index in [4.69, 9.17) is 11.6 Å². The molecule has 1 atom stereocenters. The molecule has 22 heavy (non-hydrogen) atoms. The minimum atomic E-state index is -4.21. The number of alkyl halides is 3. The fraction of sp³-hybridized carbons (Fsp3) is 0.600. The maximum absolute atomic E-state index is 12.6. The average molecular weight is 337 g/mol. The zero-order valence-electron chi connectivity index (χ0n) is 12.4. The van der Waals surface area contributed by atoms with Crippen LogP contribution in [0.25, 0.3) is 0 Å². The smallest absolute Gasteiger partial charge is 0.389 e. The van der Waals surface area contributed by atoms with Crippen molar-refractivity contribution in [2.75, 3.05) is 26.2 Å². The van der Waals surface area contributed by atoms with Gasteiger partial charge in [-0.05, 0) is 31.0 Å². The van der Waals surface area contributed by atoms with Crippen molar-refractivity contribution >= 4 is 11.6 Å². The first-order chi connectivity index (χ1) is 10.3. The molecule has 1 aliphatic rings. The monoisotopic (exact) mass is 336 g/mol. The standard InChI is InChI=1S/C15H20ClF3N2O/c1-10-8-11(16)9-12(14(10)22)13(2-3-15(17,18)19)21-6-4-20-5-7-21/h8-9,13,20,22H,2-7H2,1H3/t13-/m1/s1. The quantitative estimate of drug-likeness (QED) is 0.881. The Bertz CT molecular complexity index is 516. The van der Waals surface area contributed by atoms with Crippen molar-refractivity contribution in [3.05, 3.63) is 28.3 Å². The number of nitrogens with zero attached hydrogens (tertiary/aromatic N) is 1. The van der Waals surface area contributed by atoms with Crippen LogP contribution in [0, 0.1) is 6.92 Å². The summed E-state index contributed by atoms with van der Waals surface area (Å²) in [6, 6.07) is 2.70. The zero-order valence-corrected chi connectivity index (χ0v) is 13.1. The first kappa shape index (κ1) is 17.4. The Morgan fingerprint density at radius 3 is 2.55 bits per heavy atom. The van der Waals surface area contributed by atoms with Crippen LogP contribution in [0.2, 0.25) is 5.02 Å². The molecule has 2 rings (SSSR count). The Hall–Kier alpha value is -0.980. The molecule has 1 saturated heterocycles. The van der Waals surface area contributed by atoms with E-state index in [-0.39, 0.29) is 12.2 Å². The second kappa shape index (κ2) is 7.06. The van der Waals surface area contributed by atoms with E-state index in [9.17, 15) is 18.3 Å². The zero-order chi connectivity index (χ0) is 16.3. The predicted octanol–water partition coefficient (Wildman–Crippen LogP) is 3.64. The number of nitrogens with one attached hydrogen (secondary N) is 1. The first-order valence-corrected chi connectivity index (χ1v) is 7.66. The van der Waals surface area contributed by atoms with Crippen LogP contribution in [0.1, 0.15) is 30.0 Å². The summed E-state index contributed by atoms with van der Waals surface area (Å²) in [6.07, 6.45) is -5.18. The summed E-state index contributed by atoms with van der Waals surface area (Å²) < 4.78 is 37.9. The molecule has 0 aliphatic carbocycles. The molecule has 0 aromatic heterocycles. The van der Waals surface area contributed by atoms with E-state index in [0.717, 1.165) is 13.1 Å². The molecule has 1 aliphatic heterocycles. The molecule has 124 valence electrons. The van der Waals surface area contributed by atoms with Gasteiger partial charge in [0.2, 0.25) is 0 Å². The maximum atomic E-state index is 12.6. The summed E-state index contributed by atoms with van der Waals surface area (Å²) in [5.41, 5.74) is 1.06. The lowest BCUT2D eigenvalue weighted by Gasteiger charge is -2.36. The molecule has 0 amide bonds. The summed E-state index contributed by atoms with van der Waals surface area (Å²) in [4.78, 5) is 1.98. The highest BCUT2D eigenvalue weighted by Crippen LogP contribution is 2.38. The van der Waals surface area contributed by atoms with Crippen LogP contribution in [-0.4, -0.2) is 42.4 Å². The molecule has 7 heteroatoms. The fourth-order valence-electron chi connectivity index (χ4n) is 2.84. The van der Waals surface area contributed by atoms with Crippen molar-refractivity contribution in [1.82, 2.24) is 10.2 Å². The van der Waals surface area contributed by atoms with Gasteiger partial charge in [-0.1, -0.05) is 11.6 Å². The highest BCUT2D eigenvalue weighted by Gasteiger charge is 2.32. The number of piperazine rings is 1. The summed E-state index contributed by atoms with van der Waals surface area (Å²) >= 11 is 6.03. The van der Waals surface area contributed by atoms with Gasteiger partial charge in [0.1, 0.15) is 5.75 Å². The third-order valence-electron chi connectivity index (χ3n) is 3.95. The number of rotatable bonds is 4. The van der Waals surface area contributed by atoms with Gasteiger partial charge >= 0.3 is 6.18 Å². The van der Waals surface area contributed by atoms with E-state index in [1.165, 1.54) is 0 Å². The Balaban J connectivity index is 2.30. The molecular formula is C15H20ClF3N2O. The summed E-state index contributed by atoms with van der Waals surface area (Å²) in [7, 11) is 0. The highest BCUT2D eigenvalue weighted by atomic mass is 35.5. The first-order valence-electron chi connectivity index (χ1n) is 7.28. The number of phenolic OH excluding ortho intramolecular Hbond substituents is 1. The highest BCUT2D eigenvalue weighted by molar-refractivity contribution is 6.30. The fourth-order valence-corrected chi connectivity index (χ4v) is 3.13. The van der Waals surface area contributed by atoms with Crippen LogP contribution in [0.3, 0.4) is 0 Å². The molecule has 1 aromatic rings. The van der Waals surface area contributed by atoms with E-state index in [1.54, 1.807) is 19.1 Å². The molecule has 3 nitrogen and oxygen atoms in total. The molecule has 0 radical (unpaired) electrons. The number of hydrogen-bond acceptors (Lipinski definition) is 3. The van der Waals surface area contributed by atoms with Gasteiger partial charge in [-0.3, -0.25) is 4.90 Å². The normalized spacial score (nSPS) is 18.4. The Labute approximate surface area is 133 Å². The van der Waals surface area contributed by atoms with Crippen LogP contribution >= 0.6 is 11.6 Å². The molecule has 2 N–H and O–H groups in total. The number of phenols is 1. The third-order valence-corrected chi connectivity index (χ3v) is 4.17. The van der Waals surface area contributed by atoms with Crippen LogP contribution in [0.4, 0.5) is 13.2 Å². The van der Waals surface area contributed by atoms with E-state index >= 15 is 0 Å². The molecular weight excluding hydrogens is 317 g/mol. The summed E-state index contributed by atoms with van der Waals surface area (Å²) in [6.45, 7) is 4.44. The van der Waals surface area contributed by atoms with Crippen LogP contribution in [0.5, 0.6) is 5.75 Å². The van der Waals surface area contributed by atoms with E-state index in [0.29, 0.717) is 29.2 Å². The van der Waals surface area contributed by atoms with Crippen molar-refractivity contribution in [2.45, 2.75) is 32.0 Å². The van der Waals surface area contributed by atoms with Crippen LogP contribution in [-0.2, 0) is 0 Å². The summed E-state index contributed by atoms with van der Waals surface area (Å²) in [5.74, 6) is 0.0371. The molecule has 0 unspecified atom stereocenters. The maximum Gasteiger partial charge on any atom is 0.389 e. The van der Waals surface area contributed by atoms with E-state index in [2.05, 4.69) is 5.32 Å².